The molecule has 112 valence electrons. The monoisotopic (exact) mass is 297 g/mol. The Hall–Kier alpha value is -3.03. The molecule has 1 amide bonds. The summed E-state index contributed by atoms with van der Waals surface area (Å²) in [5.74, 6) is 1.25. The Labute approximate surface area is 126 Å². The minimum Gasteiger partial charge on any atom is -0.363 e. The molecule has 1 N–H and O–H groups in total. The van der Waals surface area contributed by atoms with Crippen LogP contribution in [0.2, 0.25) is 0 Å². The summed E-state index contributed by atoms with van der Waals surface area (Å²) in [5, 5.41) is 10.6. The molecule has 22 heavy (non-hydrogen) atoms. The van der Waals surface area contributed by atoms with Crippen molar-refractivity contribution in [3.05, 3.63) is 41.9 Å². The fraction of sp³-hybridized carbons (Fsp3) is 0.214. The van der Waals surface area contributed by atoms with Crippen molar-refractivity contribution in [1.29, 1.82) is 0 Å². The van der Waals surface area contributed by atoms with E-state index in [4.69, 9.17) is 0 Å². The minimum absolute atomic E-state index is 0.298. The van der Waals surface area contributed by atoms with E-state index in [1.165, 1.54) is 6.20 Å². The highest BCUT2D eigenvalue weighted by molar-refractivity contribution is 6.03. The molecule has 0 fully saturated rings. The SMILES string of the molecule is Cc1ccn2c(NC(=O)c3ccc(N(C)C)nc3)nnc2n1. The van der Waals surface area contributed by atoms with Crippen LogP contribution in [0.4, 0.5) is 11.8 Å². The molecule has 0 spiro atoms. The highest BCUT2D eigenvalue weighted by Crippen LogP contribution is 2.11. The second kappa shape index (κ2) is 5.40. The van der Waals surface area contributed by atoms with Gasteiger partial charge in [-0.25, -0.2) is 9.97 Å². The Kier molecular flexibility index (Phi) is 3.42. The Morgan fingerprint density at radius 2 is 2.05 bits per heavy atom. The second-order valence-electron chi connectivity index (χ2n) is 5.02. The van der Waals surface area contributed by atoms with Gasteiger partial charge in [0.2, 0.25) is 5.95 Å². The number of aromatic nitrogens is 5. The van der Waals surface area contributed by atoms with Gasteiger partial charge >= 0.3 is 0 Å². The summed E-state index contributed by atoms with van der Waals surface area (Å²) < 4.78 is 1.62. The van der Waals surface area contributed by atoms with Gasteiger partial charge in [0.25, 0.3) is 11.7 Å². The topological polar surface area (TPSA) is 88.3 Å². The third kappa shape index (κ3) is 2.58. The number of nitrogens with one attached hydrogen (secondary N) is 1. The van der Waals surface area contributed by atoms with Gasteiger partial charge in [0, 0.05) is 32.2 Å². The molecular weight excluding hydrogens is 282 g/mol. The van der Waals surface area contributed by atoms with Crippen molar-refractivity contribution in [2.24, 2.45) is 0 Å². The van der Waals surface area contributed by atoms with E-state index >= 15 is 0 Å². The number of amides is 1. The number of carbonyl (C=O) groups excluding carboxylic acids is 1. The quantitative estimate of drug-likeness (QED) is 0.780. The van der Waals surface area contributed by atoms with Crippen molar-refractivity contribution < 1.29 is 4.79 Å². The van der Waals surface area contributed by atoms with E-state index in [0.717, 1.165) is 11.5 Å². The van der Waals surface area contributed by atoms with Crippen molar-refractivity contribution in [3.8, 4) is 0 Å². The first-order chi connectivity index (χ1) is 10.5. The van der Waals surface area contributed by atoms with Gasteiger partial charge in [0.1, 0.15) is 5.82 Å². The van der Waals surface area contributed by atoms with E-state index in [9.17, 15) is 4.79 Å². The number of hydrogen-bond donors (Lipinski definition) is 1. The Balaban J connectivity index is 1.83. The average molecular weight is 297 g/mol. The summed E-state index contributed by atoms with van der Waals surface area (Å²) in [4.78, 5) is 22.5. The van der Waals surface area contributed by atoms with Gasteiger partial charge in [-0.15, -0.1) is 10.2 Å². The van der Waals surface area contributed by atoms with Crippen LogP contribution in [0.5, 0.6) is 0 Å². The predicted octanol–water partition coefficient (Wildman–Crippen LogP) is 1.15. The number of pyridine rings is 1. The largest absolute Gasteiger partial charge is 0.363 e. The summed E-state index contributed by atoms with van der Waals surface area (Å²) >= 11 is 0. The third-order valence-corrected chi connectivity index (χ3v) is 3.11. The van der Waals surface area contributed by atoms with E-state index in [1.807, 2.05) is 32.0 Å². The van der Waals surface area contributed by atoms with Crippen molar-refractivity contribution in [1.82, 2.24) is 24.6 Å². The van der Waals surface area contributed by atoms with Crippen LogP contribution in [0.15, 0.2) is 30.6 Å². The number of hydrogen-bond acceptors (Lipinski definition) is 6. The van der Waals surface area contributed by atoms with Crippen LogP contribution in [0.1, 0.15) is 16.1 Å². The number of nitrogens with zero attached hydrogens (tertiary/aromatic N) is 6. The minimum atomic E-state index is -0.298. The molecule has 0 aliphatic rings. The lowest BCUT2D eigenvalue weighted by Gasteiger charge is -2.11. The first kappa shape index (κ1) is 13.9. The summed E-state index contributed by atoms with van der Waals surface area (Å²) in [5.41, 5.74) is 1.28. The van der Waals surface area contributed by atoms with Crippen molar-refractivity contribution in [2.45, 2.75) is 6.92 Å². The van der Waals surface area contributed by atoms with Crippen LogP contribution < -0.4 is 10.2 Å². The van der Waals surface area contributed by atoms with Crippen LogP contribution in [0.25, 0.3) is 5.78 Å². The molecule has 0 atom stereocenters. The van der Waals surface area contributed by atoms with E-state index in [2.05, 4.69) is 25.5 Å². The number of aryl methyl sites for hydroxylation is 1. The van der Waals surface area contributed by atoms with Crippen molar-refractivity contribution in [2.75, 3.05) is 24.3 Å². The molecule has 0 aliphatic heterocycles. The number of rotatable bonds is 3. The number of carbonyl (C=O) groups is 1. The van der Waals surface area contributed by atoms with Gasteiger partial charge in [-0.3, -0.25) is 14.5 Å². The van der Waals surface area contributed by atoms with Crippen LogP contribution in [0, 0.1) is 6.92 Å². The van der Waals surface area contributed by atoms with E-state index in [1.54, 1.807) is 22.7 Å². The van der Waals surface area contributed by atoms with Gasteiger partial charge in [-0.1, -0.05) is 0 Å². The highest BCUT2D eigenvalue weighted by Gasteiger charge is 2.12. The molecule has 3 heterocycles. The first-order valence-electron chi connectivity index (χ1n) is 6.68. The van der Waals surface area contributed by atoms with E-state index in [0.29, 0.717) is 17.3 Å². The van der Waals surface area contributed by atoms with Crippen LogP contribution in [-0.2, 0) is 0 Å². The second-order valence-corrected chi connectivity index (χ2v) is 5.02. The zero-order valence-corrected chi connectivity index (χ0v) is 12.5. The van der Waals surface area contributed by atoms with E-state index < -0.39 is 0 Å². The lowest BCUT2D eigenvalue weighted by Crippen LogP contribution is -2.16. The molecule has 3 aromatic heterocycles. The third-order valence-electron chi connectivity index (χ3n) is 3.11. The molecule has 8 heteroatoms. The van der Waals surface area contributed by atoms with Crippen LogP contribution in [-0.4, -0.2) is 44.6 Å². The average Bonchev–Trinajstić information content (AvgIpc) is 2.89. The molecule has 0 aliphatic carbocycles. The lowest BCUT2D eigenvalue weighted by atomic mass is 10.2. The van der Waals surface area contributed by atoms with Gasteiger partial charge in [-0.05, 0) is 25.1 Å². The number of anilines is 2. The van der Waals surface area contributed by atoms with Crippen LogP contribution >= 0.6 is 0 Å². The lowest BCUT2D eigenvalue weighted by molar-refractivity contribution is 0.102. The van der Waals surface area contributed by atoms with Gasteiger partial charge < -0.3 is 4.90 Å². The summed E-state index contributed by atoms with van der Waals surface area (Å²) in [6.07, 6.45) is 3.29. The molecule has 3 aromatic rings. The van der Waals surface area contributed by atoms with Crippen molar-refractivity contribution >= 4 is 23.5 Å². The molecule has 0 unspecified atom stereocenters. The predicted molar refractivity (Wildman–Crippen MR) is 82.0 cm³/mol. The van der Waals surface area contributed by atoms with Gasteiger partial charge in [0.05, 0.1) is 5.56 Å². The molecule has 0 saturated heterocycles. The molecule has 8 nitrogen and oxygen atoms in total. The Bertz CT molecular complexity index is 823. The maximum absolute atomic E-state index is 12.2. The summed E-state index contributed by atoms with van der Waals surface area (Å²) in [6.45, 7) is 1.87. The molecule has 0 radical (unpaired) electrons. The molecule has 0 saturated carbocycles. The van der Waals surface area contributed by atoms with Gasteiger partial charge in [-0.2, -0.15) is 0 Å². The Morgan fingerprint density at radius 3 is 2.73 bits per heavy atom. The van der Waals surface area contributed by atoms with Crippen molar-refractivity contribution in [3.63, 3.8) is 0 Å². The fourth-order valence-corrected chi connectivity index (χ4v) is 1.92. The maximum atomic E-state index is 12.2. The standard InChI is InChI=1S/C14H15N7O/c1-9-6-7-21-13(16-9)18-19-14(21)17-12(22)10-4-5-11(15-8-10)20(2)3/h4-8H,1-3H3,(H,17,19,22). The Morgan fingerprint density at radius 1 is 1.23 bits per heavy atom. The molecule has 0 bridgehead atoms. The van der Waals surface area contributed by atoms with E-state index in [-0.39, 0.29) is 5.91 Å². The number of fused-ring (bicyclic) bond motifs is 1. The maximum Gasteiger partial charge on any atom is 0.259 e. The smallest absolute Gasteiger partial charge is 0.259 e. The zero-order chi connectivity index (χ0) is 15.7. The van der Waals surface area contributed by atoms with Crippen LogP contribution in [0.3, 0.4) is 0 Å². The molecule has 0 aromatic carbocycles. The molecular formula is C14H15N7O. The fourth-order valence-electron chi connectivity index (χ4n) is 1.92. The first-order valence-corrected chi connectivity index (χ1v) is 6.68. The molecule has 3 rings (SSSR count). The normalized spacial score (nSPS) is 10.7. The summed E-state index contributed by atoms with van der Waals surface area (Å²) in [7, 11) is 3.78. The zero-order valence-electron chi connectivity index (χ0n) is 12.5. The summed E-state index contributed by atoms with van der Waals surface area (Å²) in [6, 6.07) is 5.31. The highest BCUT2D eigenvalue weighted by atomic mass is 16.1. The van der Waals surface area contributed by atoms with Gasteiger partial charge in [0.15, 0.2) is 0 Å².